The van der Waals surface area contributed by atoms with Gasteiger partial charge in [-0.3, -0.25) is 0 Å². The van der Waals surface area contributed by atoms with E-state index >= 15 is 0 Å². The van der Waals surface area contributed by atoms with E-state index in [4.69, 9.17) is 5.11 Å². The quantitative estimate of drug-likeness (QED) is 0.797. The standard InChI is InChI=1S/C7H5BrO2S/c8-7-5(3-4-11-7)1-2-6(9)10/h1-4H,(H,9,10). The third-order valence-electron chi connectivity index (χ3n) is 1.05. The zero-order chi connectivity index (χ0) is 8.27. The molecule has 11 heavy (non-hydrogen) atoms. The Morgan fingerprint density at radius 3 is 2.91 bits per heavy atom. The van der Waals surface area contributed by atoms with Crippen LogP contribution in [0.15, 0.2) is 21.3 Å². The summed E-state index contributed by atoms with van der Waals surface area (Å²) < 4.78 is 0.954. The molecule has 1 heterocycles. The Kier molecular flexibility index (Phi) is 2.84. The molecule has 0 amide bonds. The maximum atomic E-state index is 10.1. The highest BCUT2D eigenvalue weighted by Gasteiger charge is 1.95. The Morgan fingerprint density at radius 2 is 2.45 bits per heavy atom. The van der Waals surface area contributed by atoms with Crippen molar-refractivity contribution in [3.8, 4) is 0 Å². The zero-order valence-electron chi connectivity index (χ0n) is 5.45. The summed E-state index contributed by atoms with van der Waals surface area (Å²) >= 11 is 4.82. The van der Waals surface area contributed by atoms with Gasteiger partial charge in [0.1, 0.15) is 0 Å². The van der Waals surface area contributed by atoms with Crippen LogP contribution in [0.25, 0.3) is 6.08 Å². The van der Waals surface area contributed by atoms with Gasteiger partial charge in [-0.25, -0.2) is 4.79 Å². The van der Waals surface area contributed by atoms with Crippen molar-refractivity contribution < 1.29 is 9.90 Å². The first-order chi connectivity index (χ1) is 5.20. The molecule has 0 unspecified atom stereocenters. The van der Waals surface area contributed by atoms with Crippen LogP contribution in [0.3, 0.4) is 0 Å². The van der Waals surface area contributed by atoms with Gasteiger partial charge in [-0.2, -0.15) is 0 Å². The van der Waals surface area contributed by atoms with Gasteiger partial charge in [0.05, 0.1) is 3.79 Å². The summed E-state index contributed by atoms with van der Waals surface area (Å²) in [5, 5.41) is 10.2. The van der Waals surface area contributed by atoms with Gasteiger partial charge in [0.25, 0.3) is 0 Å². The summed E-state index contributed by atoms with van der Waals surface area (Å²) in [4.78, 5) is 10.1. The van der Waals surface area contributed by atoms with Crippen LogP contribution < -0.4 is 0 Å². The number of aliphatic carboxylic acids is 1. The fourth-order valence-electron chi connectivity index (χ4n) is 0.583. The Balaban J connectivity index is 2.79. The summed E-state index contributed by atoms with van der Waals surface area (Å²) in [7, 11) is 0. The van der Waals surface area contributed by atoms with Crippen molar-refractivity contribution in [1.82, 2.24) is 0 Å². The van der Waals surface area contributed by atoms with Gasteiger partial charge in [0, 0.05) is 6.08 Å². The number of rotatable bonds is 2. The molecule has 4 heteroatoms. The molecule has 1 N–H and O–H groups in total. The van der Waals surface area contributed by atoms with Crippen LogP contribution in [0.4, 0.5) is 0 Å². The number of hydrogen-bond acceptors (Lipinski definition) is 2. The van der Waals surface area contributed by atoms with Crippen molar-refractivity contribution in [3.63, 3.8) is 0 Å². The Hall–Kier alpha value is -0.610. The van der Waals surface area contributed by atoms with Crippen molar-refractivity contribution in [2.24, 2.45) is 0 Å². The molecule has 0 aliphatic rings. The minimum Gasteiger partial charge on any atom is -0.478 e. The molecule has 0 saturated heterocycles. The van der Waals surface area contributed by atoms with E-state index in [2.05, 4.69) is 15.9 Å². The predicted molar refractivity (Wildman–Crippen MR) is 48.7 cm³/mol. The van der Waals surface area contributed by atoms with Crippen LogP contribution >= 0.6 is 27.3 Å². The second-order valence-corrected chi connectivity index (χ2v) is 4.06. The summed E-state index contributed by atoms with van der Waals surface area (Å²) in [6.07, 6.45) is 2.68. The molecular formula is C7H5BrO2S. The molecule has 1 aromatic heterocycles. The van der Waals surface area contributed by atoms with E-state index in [1.807, 2.05) is 11.4 Å². The first-order valence-corrected chi connectivity index (χ1v) is 4.51. The molecule has 0 saturated carbocycles. The molecule has 0 bridgehead atoms. The van der Waals surface area contributed by atoms with Gasteiger partial charge in [-0.1, -0.05) is 0 Å². The minimum absolute atomic E-state index is 0.900. The molecule has 1 rings (SSSR count). The fraction of sp³-hybridized carbons (Fsp3) is 0. The highest BCUT2D eigenvalue weighted by atomic mass is 79.9. The molecule has 0 aromatic carbocycles. The molecule has 58 valence electrons. The molecule has 0 aliphatic carbocycles. The first kappa shape index (κ1) is 8.49. The summed E-state index contributed by atoms with van der Waals surface area (Å²) in [5.41, 5.74) is 0.900. The van der Waals surface area contributed by atoms with Gasteiger partial charge in [0.15, 0.2) is 0 Å². The monoisotopic (exact) mass is 232 g/mol. The van der Waals surface area contributed by atoms with E-state index in [0.717, 1.165) is 15.4 Å². The SMILES string of the molecule is O=C(O)C=Cc1ccsc1Br. The van der Waals surface area contributed by atoms with Crippen LogP contribution in [0, 0.1) is 0 Å². The van der Waals surface area contributed by atoms with Crippen LogP contribution in [0.1, 0.15) is 5.56 Å². The van der Waals surface area contributed by atoms with Gasteiger partial charge >= 0.3 is 5.97 Å². The van der Waals surface area contributed by atoms with Crippen LogP contribution in [0.5, 0.6) is 0 Å². The normalized spacial score (nSPS) is 10.6. The zero-order valence-corrected chi connectivity index (χ0v) is 7.85. The topological polar surface area (TPSA) is 37.3 Å². The molecular weight excluding hydrogens is 228 g/mol. The summed E-state index contributed by atoms with van der Waals surface area (Å²) in [6.45, 7) is 0. The Bertz CT molecular complexity index is 290. The number of carbonyl (C=O) groups is 1. The predicted octanol–water partition coefficient (Wildman–Crippen LogP) is 2.61. The number of carboxylic acids is 1. The number of hydrogen-bond donors (Lipinski definition) is 1. The second kappa shape index (κ2) is 3.69. The van der Waals surface area contributed by atoms with E-state index < -0.39 is 5.97 Å². The molecule has 0 spiro atoms. The fourth-order valence-corrected chi connectivity index (χ4v) is 1.78. The number of carboxylic acid groups (broad SMARTS) is 1. The molecule has 2 nitrogen and oxygen atoms in total. The van der Waals surface area contributed by atoms with Gasteiger partial charge in [-0.05, 0) is 39.0 Å². The number of thiophene rings is 1. The lowest BCUT2D eigenvalue weighted by Crippen LogP contribution is -1.84. The van der Waals surface area contributed by atoms with Crippen molar-refractivity contribution in [1.29, 1.82) is 0 Å². The van der Waals surface area contributed by atoms with E-state index in [1.165, 1.54) is 11.3 Å². The molecule has 0 fully saturated rings. The lowest BCUT2D eigenvalue weighted by atomic mass is 10.3. The second-order valence-electron chi connectivity index (χ2n) is 1.82. The van der Waals surface area contributed by atoms with Crippen LogP contribution in [0.2, 0.25) is 0 Å². The lowest BCUT2D eigenvalue weighted by Gasteiger charge is -1.84. The first-order valence-electron chi connectivity index (χ1n) is 2.84. The minimum atomic E-state index is -0.928. The largest absolute Gasteiger partial charge is 0.478 e. The molecule has 1 aromatic rings. The maximum absolute atomic E-state index is 10.1. The maximum Gasteiger partial charge on any atom is 0.328 e. The molecule has 0 radical (unpaired) electrons. The van der Waals surface area contributed by atoms with Crippen LogP contribution in [-0.4, -0.2) is 11.1 Å². The van der Waals surface area contributed by atoms with E-state index in [1.54, 1.807) is 6.08 Å². The highest BCUT2D eigenvalue weighted by molar-refractivity contribution is 9.11. The van der Waals surface area contributed by atoms with Gasteiger partial charge in [-0.15, -0.1) is 11.3 Å². The van der Waals surface area contributed by atoms with Crippen molar-refractivity contribution >= 4 is 39.3 Å². The van der Waals surface area contributed by atoms with Crippen LogP contribution in [-0.2, 0) is 4.79 Å². The average molecular weight is 233 g/mol. The third kappa shape index (κ3) is 2.48. The lowest BCUT2D eigenvalue weighted by molar-refractivity contribution is -0.131. The summed E-state index contributed by atoms with van der Waals surface area (Å²) in [6, 6.07) is 1.86. The Morgan fingerprint density at radius 1 is 1.73 bits per heavy atom. The number of halogens is 1. The highest BCUT2D eigenvalue weighted by Crippen LogP contribution is 2.24. The van der Waals surface area contributed by atoms with Crippen molar-refractivity contribution in [3.05, 3.63) is 26.9 Å². The van der Waals surface area contributed by atoms with Gasteiger partial charge in [0.2, 0.25) is 0 Å². The van der Waals surface area contributed by atoms with E-state index in [0.29, 0.717) is 0 Å². The van der Waals surface area contributed by atoms with E-state index in [-0.39, 0.29) is 0 Å². The van der Waals surface area contributed by atoms with Crippen molar-refractivity contribution in [2.75, 3.05) is 0 Å². The average Bonchev–Trinajstić information content (AvgIpc) is 2.31. The molecule has 0 atom stereocenters. The summed E-state index contributed by atoms with van der Waals surface area (Å²) in [5.74, 6) is -0.928. The Labute approximate surface area is 76.3 Å². The smallest absolute Gasteiger partial charge is 0.328 e. The third-order valence-corrected chi connectivity index (χ3v) is 2.78. The van der Waals surface area contributed by atoms with Gasteiger partial charge < -0.3 is 5.11 Å². The molecule has 0 aliphatic heterocycles. The van der Waals surface area contributed by atoms with E-state index in [9.17, 15) is 4.79 Å². The van der Waals surface area contributed by atoms with Crippen molar-refractivity contribution in [2.45, 2.75) is 0 Å².